The second-order valence-electron chi connectivity index (χ2n) is 25.3. The molecule has 0 heteroatoms. The standard InChI is InChI=1S/C52H76/c1-47(2)14-16-49(5,6)44-25-38-35(23-42(44)47)36-24-43-45(50(7,8)17-15-48(43,3)4)26-39(36)46(38)51(9)40-13-11-10-12-34(40)37-21-33(22-41(37)51)52-27-30-18-31(28-52)20-32(19-30)29-52/h23-26,30-41,46H,10-22,27-29H2,1-9H3. The molecule has 0 saturated heterocycles. The van der Waals surface area contributed by atoms with Gasteiger partial charge in [-0.1, -0.05) is 99.5 Å². The van der Waals surface area contributed by atoms with E-state index < -0.39 is 0 Å². The van der Waals surface area contributed by atoms with Crippen LogP contribution < -0.4 is 0 Å². The fourth-order valence-electron chi connectivity index (χ4n) is 18.9. The highest BCUT2D eigenvalue weighted by Crippen LogP contribution is 2.77. The van der Waals surface area contributed by atoms with Gasteiger partial charge in [0.1, 0.15) is 0 Å². The molecule has 0 nitrogen and oxygen atoms in total. The molecule has 0 N–H and O–H groups in total. The van der Waals surface area contributed by atoms with E-state index in [2.05, 4.69) is 86.6 Å². The van der Waals surface area contributed by atoms with Gasteiger partial charge in [0.15, 0.2) is 0 Å². The van der Waals surface area contributed by atoms with E-state index in [0.29, 0.717) is 50.7 Å². The summed E-state index contributed by atoms with van der Waals surface area (Å²) in [7, 11) is 0. The minimum Gasteiger partial charge on any atom is -0.0764 e. The third kappa shape index (κ3) is 4.46. The lowest BCUT2D eigenvalue weighted by atomic mass is 9.45. The molecule has 0 aromatic carbocycles. The lowest BCUT2D eigenvalue weighted by Crippen LogP contribution is -2.50. The zero-order chi connectivity index (χ0) is 36.0. The van der Waals surface area contributed by atoms with Crippen LogP contribution in [0.5, 0.6) is 0 Å². The number of hydrogen-bond acceptors (Lipinski definition) is 0. The predicted octanol–water partition coefficient (Wildman–Crippen LogP) is 14.2. The molecule has 10 fully saturated rings. The van der Waals surface area contributed by atoms with Crippen LogP contribution in [0, 0.1) is 109 Å². The Kier molecular flexibility index (Phi) is 7.02. The second kappa shape index (κ2) is 10.7. The van der Waals surface area contributed by atoms with Gasteiger partial charge in [0, 0.05) is 0 Å². The average Bonchev–Trinajstić information content (AvgIpc) is 3.74. The van der Waals surface area contributed by atoms with Gasteiger partial charge in [-0.25, -0.2) is 0 Å². The van der Waals surface area contributed by atoms with Crippen LogP contribution in [0.2, 0.25) is 0 Å². The molecule has 10 atom stereocenters. The topological polar surface area (TPSA) is 0 Å². The van der Waals surface area contributed by atoms with Crippen molar-refractivity contribution in [2.75, 3.05) is 0 Å². The molecular weight excluding hydrogens is 625 g/mol. The molecule has 10 saturated carbocycles. The molecule has 12 aliphatic rings. The van der Waals surface area contributed by atoms with E-state index in [9.17, 15) is 0 Å². The summed E-state index contributed by atoms with van der Waals surface area (Å²) >= 11 is 0. The zero-order valence-electron chi connectivity index (χ0n) is 35.1. The van der Waals surface area contributed by atoms with Crippen LogP contribution in [0.3, 0.4) is 0 Å². The summed E-state index contributed by atoms with van der Waals surface area (Å²) < 4.78 is 0. The Balaban J connectivity index is 1.06. The number of allylic oxidation sites excluding steroid dienone is 8. The second-order valence-corrected chi connectivity index (χ2v) is 25.3. The maximum atomic E-state index is 3.04. The van der Waals surface area contributed by atoms with Gasteiger partial charge in [-0.15, -0.1) is 0 Å². The molecule has 10 unspecified atom stereocenters. The van der Waals surface area contributed by atoms with Crippen LogP contribution >= 0.6 is 0 Å². The van der Waals surface area contributed by atoms with E-state index in [0.717, 1.165) is 58.7 Å². The first-order chi connectivity index (χ1) is 24.5. The van der Waals surface area contributed by atoms with Crippen molar-refractivity contribution in [3.63, 3.8) is 0 Å². The monoisotopic (exact) mass is 701 g/mol. The zero-order valence-corrected chi connectivity index (χ0v) is 35.1. The maximum Gasteiger partial charge on any atom is -0.00921 e. The molecule has 0 aromatic rings. The molecule has 4 bridgehead atoms. The summed E-state index contributed by atoms with van der Waals surface area (Å²) in [5.74, 6) is 11.8. The molecule has 0 aliphatic heterocycles. The lowest BCUT2D eigenvalue weighted by Gasteiger charge is -2.60. The third-order valence-electron chi connectivity index (χ3n) is 21.1. The molecule has 12 rings (SSSR count). The first kappa shape index (κ1) is 34.2. The van der Waals surface area contributed by atoms with Gasteiger partial charge < -0.3 is 0 Å². The highest BCUT2D eigenvalue weighted by molar-refractivity contribution is 5.52. The van der Waals surface area contributed by atoms with Gasteiger partial charge in [0.05, 0.1) is 0 Å². The Morgan fingerprint density at radius 3 is 1.33 bits per heavy atom. The third-order valence-corrected chi connectivity index (χ3v) is 21.1. The SMILES string of the molecule is CC1(C)CCC(C)(C)C2=CC3C(C=C21)C1C=C2C(=CC1C3C1(C)C3CCCCC3C3CC(C45CC6CC(CC(C6)C4)C5)CC31)C(C)(C)CCC2(C)C. The molecule has 284 valence electrons. The van der Waals surface area contributed by atoms with Crippen molar-refractivity contribution in [1.29, 1.82) is 0 Å². The van der Waals surface area contributed by atoms with Crippen molar-refractivity contribution in [2.24, 2.45) is 109 Å². The van der Waals surface area contributed by atoms with Crippen LogP contribution in [-0.2, 0) is 0 Å². The summed E-state index contributed by atoms with van der Waals surface area (Å²) in [5.41, 5.74) is 9.45. The van der Waals surface area contributed by atoms with Crippen LogP contribution in [0.1, 0.15) is 165 Å². The first-order valence-corrected chi connectivity index (χ1v) is 23.4. The summed E-state index contributed by atoms with van der Waals surface area (Å²) in [4.78, 5) is 0. The predicted molar refractivity (Wildman–Crippen MR) is 217 cm³/mol. The van der Waals surface area contributed by atoms with Crippen LogP contribution in [0.25, 0.3) is 0 Å². The number of fused-ring (bicyclic) bond motifs is 8. The number of rotatable bonds is 2. The summed E-state index contributed by atoms with van der Waals surface area (Å²) in [6.07, 6.45) is 36.4. The first-order valence-electron chi connectivity index (χ1n) is 23.4. The van der Waals surface area contributed by atoms with Gasteiger partial charge in [-0.3, -0.25) is 0 Å². The Hall–Kier alpha value is -1.04. The van der Waals surface area contributed by atoms with Gasteiger partial charge in [-0.05, 0) is 222 Å². The fourth-order valence-corrected chi connectivity index (χ4v) is 18.9. The molecular formula is C52H76. The lowest BCUT2D eigenvalue weighted by molar-refractivity contribution is -0.0927. The summed E-state index contributed by atoms with van der Waals surface area (Å²) in [6.45, 7) is 23.8. The van der Waals surface area contributed by atoms with Crippen molar-refractivity contribution >= 4 is 0 Å². The van der Waals surface area contributed by atoms with Crippen molar-refractivity contribution in [3.8, 4) is 0 Å². The Morgan fingerprint density at radius 1 is 0.442 bits per heavy atom. The van der Waals surface area contributed by atoms with Crippen molar-refractivity contribution in [3.05, 3.63) is 46.6 Å². The van der Waals surface area contributed by atoms with E-state index in [1.165, 1.54) is 44.9 Å². The molecule has 52 heavy (non-hydrogen) atoms. The van der Waals surface area contributed by atoms with Gasteiger partial charge in [-0.2, -0.15) is 0 Å². The van der Waals surface area contributed by atoms with E-state index in [-0.39, 0.29) is 0 Å². The highest BCUT2D eigenvalue weighted by Gasteiger charge is 2.70. The van der Waals surface area contributed by atoms with Gasteiger partial charge >= 0.3 is 0 Å². The molecule has 0 heterocycles. The molecule has 0 radical (unpaired) electrons. The maximum absolute atomic E-state index is 3.04. The van der Waals surface area contributed by atoms with E-state index in [1.807, 2.05) is 0 Å². The smallest absolute Gasteiger partial charge is 0.00921 e. The van der Waals surface area contributed by atoms with E-state index in [1.54, 1.807) is 80.1 Å². The van der Waals surface area contributed by atoms with E-state index >= 15 is 0 Å². The van der Waals surface area contributed by atoms with Crippen molar-refractivity contribution < 1.29 is 0 Å². The summed E-state index contributed by atoms with van der Waals surface area (Å²) in [5, 5.41) is 0. The van der Waals surface area contributed by atoms with Gasteiger partial charge in [0.25, 0.3) is 0 Å². The van der Waals surface area contributed by atoms with Crippen LogP contribution in [0.15, 0.2) is 46.6 Å². The minimum absolute atomic E-state index is 0.294. The normalized spacial score (nSPS) is 53.7. The van der Waals surface area contributed by atoms with Gasteiger partial charge in [0.2, 0.25) is 0 Å². The van der Waals surface area contributed by atoms with E-state index in [4.69, 9.17) is 0 Å². The Labute approximate surface area is 320 Å². The highest BCUT2D eigenvalue weighted by atomic mass is 14.7. The van der Waals surface area contributed by atoms with Crippen molar-refractivity contribution in [2.45, 2.75) is 165 Å². The Bertz CT molecular complexity index is 1550. The molecule has 12 aliphatic carbocycles. The number of hydrogen-bond donors (Lipinski definition) is 0. The van der Waals surface area contributed by atoms with Crippen LogP contribution in [0.4, 0.5) is 0 Å². The average molecular weight is 701 g/mol. The quantitative estimate of drug-likeness (QED) is 0.269. The van der Waals surface area contributed by atoms with Crippen molar-refractivity contribution in [1.82, 2.24) is 0 Å². The molecule has 0 aromatic heterocycles. The van der Waals surface area contributed by atoms with Crippen LogP contribution in [-0.4, -0.2) is 0 Å². The minimum atomic E-state index is 0.294. The largest absolute Gasteiger partial charge is 0.0764 e. The fraction of sp³-hybridized carbons (Fsp3) is 0.846. The summed E-state index contributed by atoms with van der Waals surface area (Å²) in [6, 6.07) is 0. The Morgan fingerprint density at radius 2 is 0.865 bits per heavy atom. The molecule has 0 spiro atoms. The molecule has 0 amide bonds.